The van der Waals surface area contributed by atoms with E-state index in [2.05, 4.69) is 21.8 Å². The summed E-state index contributed by atoms with van der Waals surface area (Å²) in [5, 5.41) is 2.99. The number of Topliss-reactive ketones (excluding diaryl/α,β-unsaturated/α-hetero) is 1. The molecule has 1 aromatic carbocycles. The first-order chi connectivity index (χ1) is 8.76. The summed E-state index contributed by atoms with van der Waals surface area (Å²) in [6.45, 7) is 3.65. The first-order valence-electron chi connectivity index (χ1n) is 6.36. The Morgan fingerprint density at radius 1 is 1.39 bits per heavy atom. The number of nitrogens with zero attached hydrogens (tertiary/aromatic N) is 2. The summed E-state index contributed by atoms with van der Waals surface area (Å²) in [6.07, 6.45) is 0.980. The highest BCUT2D eigenvalue weighted by Gasteiger charge is 2.12. The number of rotatable bonds is 6. The van der Waals surface area contributed by atoms with Gasteiger partial charge in [0.1, 0.15) is 11.6 Å². The second kappa shape index (κ2) is 5.78. The van der Waals surface area contributed by atoms with Crippen molar-refractivity contribution >= 4 is 16.8 Å². The standard InChI is InChI=1S/C14H19N3O/c1-3-17-13-7-5-4-6-12(13)16-14(17)10-11(18)8-9-15-2/h4-7,15H,3,8-10H2,1-2H3. The monoisotopic (exact) mass is 245 g/mol. The minimum atomic E-state index is 0.231. The Bertz CT molecular complexity index is 545. The molecule has 2 rings (SSSR count). The largest absolute Gasteiger partial charge is 0.328 e. The summed E-state index contributed by atoms with van der Waals surface area (Å²) >= 11 is 0. The van der Waals surface area contributed by atoms with Crippen molar-refractivity contribution in [1.82, 2.24) is 14.9 Å². The second-order valence-electron chi connectivity index (χ2n) is 4.33. The summed E-state index contributed by atoms with van der Waals surface area (Å²) in [4.78, 5) is 16.4. The number of aryl methyl sites for hydroxylation is 1. The molecule has 1 N–H and O–H groups in total. The molecule has 0 aliphatic carbocycles. The van der Waals surface area contributed by atoms with Gasteiger partial charge in [-0.1, -0.05) is 12.1 Å². The predicted octanol–water partition coefficient (Wildman–Crippen LogP) is 1.78. The van der Waals surface area contributed by atoms with E-state index in [0.717, 1.165) is 29.9 Å². The zero-order valence-corrected chi connectivity index (χ0v) is 10.9. The lowest BCUT2D eigenvalue weighted by Crippen LogP contribution is -2.16. The molecule has 0 radical (unpaired) electrons. The van der Waals surface area contributed by atoms with Crippen LogP contribution in [0.15, 0.2) is 24.3 Å². The van der Waals surface area contributed by atoms with E-state index in [0.29, 0.717) is 12.8 Å². The average molecular weight is 245 g/mol. The normalized spacial score (nSPS) is 11.0. The highest BCUT2D eigenvalue weighted by molar-refractivity contribution is 5.82. The molecule has 0 unspecified atom stereocenters. The van der Waals surface area contributed by atoms with Gasteiger partial charge in [0.2, 0.25) is 0 Å². The second-order valence-corrected chi connectivity index (χ2v) is 4.33. The number of hydrogen-bond donors (Lipinski definition) is 1. The lowest BCUT2D eigenvalue weighted by atomic mass is 10.2. The zero-order valence-electron chi connectivity index (χ0n) is 10.9. The van der Waals surface area contributed by atoms with Crippen molar-refractivity contribution in [2.75, 3.05) is 13.6 Å². The smallest absolute Gasteiger partial charge is 0.141 e. The maximum atomic E-state index is 11.8. The van der Waals surface area contributed by atoms with E-state index >= 15 is 0 Å². The van der Waals surface area contributed by atoms with Gasteiger partial charge in [-0.2, -0.15) is 0 Å². The van der Waals surface area contributed by atoms with Gasteiger partial charge in [0.15, 0.2) is 0 Å². The van der Waals surface area contributed by atoms with Crippen LogP contribution in [-0.4, -0.2) is 28.9 Å². The number of carbonyl (C=O) groups excluding carboxylic acids is 1. The van der Waals surface area contributed by atoms with Gasteiger partial charge in [0, 0.05) is 19.5 Å². The van der Waals surface area contributed by atoms with Crippen LogP contribution in [0, 0.1) is 0 Å². The van der Waals surface area contributed by atoms with E-state index in [9.17, 15) is 4.79 Å². The maximum absolute atomic E-state index is 11.8. The van der Waals surface area contributed by atoms with Gasteiger partial charge in [0.05, 0.1) is 17.5 Å². The highest BCUT2D eigenvalue weighted by atomic mass is 16.1. The van der Waals surface area contributed by atoms with E-state index in [1.165, 1.54) is 0 Å². The molecule has 4 heteroatoms. The molecule has 96 valence electrons. The summed E-state index contributed by atoms with van der Waals surface area (Å²) in [6, 6.07) is 8.02. The van der Waals surface area contributed by atoms with Gasteiger partial charge in [-0.15, -0.1) is 0 Å². The lowest BCUT2D eigenvalue weighted by molar-refractivity contribution is -0.118. The molecule has 1 aromatic heterocycles. The molecule has 0 saturated carbocycles. The van der Waals surface area contributed by atoms with E-state index in [1.54, 1.807) is 0 Å². The Morgan fingerprint density at radius 3 is 2.89 bits per heavy atom. The first kappa shape index (κ1) is 12.8. The zero-order chi connectivity index (χ0) is 13.0. The van der Waals surface area contributed by atoms with Gasteiger partial charge in [-0.05, 0) is 26.1 Å². The Balaban J connectivity index is 2.24. The molecule has 1 heterocycles. The van der Waals surface area contributed by atoms with Crippen LogP contribution in [-0.2, 0) is 17.8 Å². The molecule has 0 aliphatic heterocycles. The molecular formula is C14H19N3O. The Labute approximate surface area is 107 Å². The summed E-state index contributed by atoms with van der Waals surface area (Å²) in [5.74, 6) is 1.11. The van der Waals surface area contributed by atoms with Gasteiger partial charge in [-0.25, -0.2) is 4.98 Å². The average Bonchev–Trinajstić information content (AvgIpc) is 2.73. The van der Waals surface area contributed by atoms with Gasteiger partial charge in [-0.3, -0.25) is 4.79 Å². The number of fused-ring (bicyclic) bond motifs is 1. The minimum absolute atomic E-state index is 0.231. The maximum Gasteiger partial charge on any atom is 0.141 e. The first-order valence-corrected chi connectivity index (χ1v) is 6.36. The lowest BCUT2D eigenvalue weighted by Gasteiger charge is -2.05. The van der Waals surface area contributed by atoms with E-state index in [4.69, 9.17) is 0 Å². The molecule has 0 atom stereocenters. The van der Waals surface area contributed by atoms with Crippen molar-refractivity contribution in [3.05, 3.63) is 30.1 Å². The minimum Gasteiger partial charge on any atom is -0.328 e. The number of hydrogen-bond acceptors (Lipinski definition) is 3. The Kier molecular flexibility index (Phi) is 4.10. The fraction of sp³-hybridized carbons (Fsp3) is 0.429. The molecule has 0 bridgehead atoms. The van der Waals surface area contributed by atoms with Crippen LogP contribution in [0.4, 0.5) is 0 Å². The number of para-hydroxylation sites is 2. The van der Waals surface area contributed by atoms with Crippen LogP contribution in [0.25, 0.3) is 11.0 Å². The highest BCUT2D eigenvalue weighted by Crippen LogP contribution is 2.16. The fourth-order valence-electron chi connectivity index (χ4n) is 2.14. The van der Waals surface area contributed by atoms with Crippen LogP contribution in [0.3, 0.4) is 0 Å². The number of benzene rings is 1. The van der Waals surface area contributed by atoms with Crippen molar-refractivity contribution in [2.24, 2.45) is 0 Å². The van der Waals surface area contributed by atoms with Crippen molar-refractivity contribution in [3.63, 3.8) is 0 Å². The predicted molar refractivity (Wildman–Crippen MR) is 72.7 cm³/mol. The van der Waals surface area contributed by atoms with E-state index < -0.39 is 0 Å². The number of ketones is 1. The molecule has 0 amide bonds. The van der Waals surface area contributed by atoms with Crippen LogP contribution < -0.4 is 5.32 Å². The molecule has 2 aromatic rings. The Morgan fingerprint density at radius 2 is 2.17 bits per heavy atom. The van der Waals surface area contributed by atoms with E-state index in [1.807, 2.05) is 31.3 Å². The van der Waals surface area contributed by atoms with Crippen LogP contribution >= 0.6 is 0 Å². The number of carbonyl (C=O) groups is 1. The molecule has 0 spiro atoms. The topological polar surface area (TPSA) is 46.9 Å². The fourth-order valence-corrected chi connectivity index (χ4v) is 2.14. The van der Waals surface area contributed by atoms with Gasteiger partial charge >= 0.3 is 0 Å². The number of aromatic nitrogens is 2. The summed E-state index contributed by atoms with van der Waals surface area (Å²) in [5.41, 5.74) is 2.08. The molecular weight excluding hydrogens is 226 g/mol. The van der Waals surface area contributed by atoms with Crippen LogP contribution in [0.5, 0.6) is 0 Å². The molecule has 0 aliphatic rings. The molecule has 4 nitrogen and oxygen atoms in total. The van der Waals surface area contributed by atoms with Crippen molar-refractivity contribution in [3.8, 4) is 0 Å². The van der Waals surface area contributed by atoms with Gasteiger partial charge in [0.25, 0.3) is 0 Å². The number of imidazole rings is 1. The SMILES string of the molecule is CCn1c(CC(=O)CCNC)nc2ccccc21. The van der Waals surface area contributed by atoms with E-state index in [-0.39, 0.29) is 5.78 Å². The van der Waals surface area contributed by atoms with Crippen LogP contribution in [0.2, 0.25) is 0 Å². The van der Waals surface area contributed by atoms with Crippen LogP contribution in [0.1, 0.15) is 19.2 Å². The Hall–Kier alpha value is -1.68. The summed E-state index contributed by atoms with van der Waals surface area (Å²) < 4.78 is 2.12. The third-order valence-corrected chi connectivity index (χ3v) is 3.06. The molecule has 18 heavy (non-hydrogen) atoms. The van der Waals surface area contributed by atoms with Crippen molar-refractivity contribution in [1.29, 1.82) is 0 Å². The molecule has 0 saturated heterocycles. The third-order valence-electron chi connectivity index (χ3n) is 3.06. The van der Waals surface area contributed by atoms with Crippen molar-refractivity contribution in [2.45, 2.75) is 26.3 Å². The van der Waals surface area contributed by atoms with Crippen molar-refractivity contribution < 1.29 is 4.79 Å². The molecule has 0 fully saturated rings. The van der Waals surface area contributed by atoms with Gasteiger partial charge < -0.3 is 9.88 Å². The third kappa shape index (κ3) is 2.59. The number of nitrogens with one attached hydrogen (secondary N) is 1. The quantitative estimate of drug-likeness (QED) is 0.844. The summed E-state index contributed by atoms with van der Waals surface area (Å²) in [7, 11) is 1.86.